The monoisotopic (exact) mass is 227 g/mol. The van der Waals surface area contributed by atoms with Gasteiger partial charge in [0.1, 0.15) is 11.6 Å². The summed E-state index contributed by atoms with van der Waals surface area (Å²) in [6.45, 7) is 8.72. The summed E-state index contributed by atoms with van der Waals surface area (Å²) in [6, 6.07) is 0. The van der Waals surface area contributed by atoms with Crippen LogP contribution >= 0.6 is 0 Å². The van der Waals surface area contributed by atoms with Gasteiger partial charge in [-0.15, -0.1) is 0 Å². The molecule has 0 aromatic heterocycles. The molecule has 16 heavy (non-hydrogen) atoms. The number of likely N-dealkylation sites (N-methyl/N-ethyl adjacent to an activating group) is 1. The highest BCUT2D eigenvalue weighted by molar-refractivity contribution is 5.79. The molecule has 1 N–H and O–H groups in total. The highest BCUT2D eigenvalue weighted by Gasteiger charge is 2.32. The first-order valence-corrected chi connectivity index (χ1v) is 6.43. The zero-order valence-electron chi connectivity index (χ0n) is 11.0. The van der Waals surface area contributed by atoms with E-state index in [9.17, 15) is 4.79 Å². The second-order valence-electron chi connectivity index (χ2n) is 5.36. The van der Waals surface area contributed by atoms with E-state index in [2.05, 4.69) is 12.2 Å². The van der Waals surface area contributed by atoms with Crippen molar-refractivity contribution in [3.63, 3.8) is 0 Å². The topological polar surface area (TPSA) is 38.3 Å². The molecule has 3 nitrogen and oxygen atoms in total. The number of carbonyl (C=O) groups excluding carboxylic acids is 1. The average Bonchev–Trinajstić information content (AvgIpc) is 2.21. The summed E-state index contributed by atoms with van der Waals surface area (Å²) in [5.74, 6) is 0.392. The van der Waals surface area contributed by atoms with Crippen LogP contribution in [-0.2, 0) is 9.53 Å². The smallest absolute Gasteiger partial charge is 0.326 e. The zero-order chi connectivity index (χ0) is 12.2. The van der Waals surface area contributed by atoms with Gasteiger partial charge in [0.2, 0.25) is 0 Å². The Bertz CT molecular complexity index is 238. The predicted molar refractivity (Wildman–Crippen MR) is 65.3 cm³/mol. The molecule has 0 aromatic carbocycles. The van der Waals surface area contributed by atoms with Crippen LogP contribution in [0.25, 0.3) is 0 Å². The fourth-order valence-electron chi connectivity index (χ4n) is 2.26. The van der Waals surface area contributed by atoms with Crippen molar-refractivity contribution >= 4 is 5.97 Å². The second-order valence-corrected chi connectivity index (χ2v) is 5.36. The minimum Gasteiger partial charge on any atom is -0.461 e. The normalized spacial score (nSPS) is 26.5. The Labute approximate surface area is 98.9 Å². The molecule has 0 radical (unpaired) electrons. The van der Waals surface area contributed by atoms with Gasteiger partial charge in [-0.2, -0.15) is 0 Å². The molecule has 1 saturated carbocycles. The molecule has 0 aliphatic heterocycles. The Morgan fingerprint density at radius 2 is 2.00 bits per heavy atom. The molecule has 2 atom stereocenters. The van der Waals surface area contributed by atoms with Crippen LogP contribution < -0.4 is 5.32 Å². The fourth-order valence-corrected chi connectivity index (χ4v) is 2.26. The van der Waals surface area contributed by atoms with E-state index in [1.165, 1.54) is 19.3 Å². The SMILES string of the molecule is CCNC(C)(C)C(=O)OC1CCCCC1C. The minimum atomic E-state index is -0.564. The molecule has 0 aromatic rings. The summed E-state index contributed by atoms with van der Waals surface area (Å²) >= 11 is 0. The third-order valence-corrected chi connectivity index (χ3v) is 3.42. The molecule has 0 heterocycles. The molecular weight excluding hydrogens is 202 g/mol. The maximum Gasteiger partial charge on any atom is 0.326 e. The fraction of sp³-hybridized carbons (Fsp3) is 0.923. The summed E-state index contributed by atoms with van der Waals surface area (Å²) in [5, 5.41) is 3.15. The quantitative estimate of drug-likeness (QED) is 0.750. The van der Waals surface area contributed by atoms with Crippen LogP contribution in [0, 0.1) is 5.92 Å². The largest absolute Gasteiger partial charge is 0.461 e. The van der Waals surface area contributed by atoms with Gasteiger partial charge in [0.25, 0.3) is 0 Å². The van der Waals surface area contributed by atoms with Crippen molar-refractivity contribution < 1.29 is 9.53 Å². The Kier molecular flexibility index (Phi) is 4.78. The van der Waals surface area contributed by atoms with E-state index in [1.54, 1.807) is 0 Å². The molecule has 3 heteroatoms. The Hall–Kier alpha value is -0.570. The maximum atomic E-state index is 12.0. The summed E-state index contributed by atoms with van der Waals surface area (Å²) in [7, 11) is 0. The van der Waals surface area contributed by atoms with Crippen LogP contribution in [-0.4, -0.2) is 24.2 Å². The number of rotatable bonds is 4. The van der Waals surface area contributed by atoms with E-state index in [-0.39, 0.29) is 12.1 Å². The molecule has 0 saturated heterocycles. The summed E-state index contributed by atoms with van der Waals surface area (Å²) < 4.78 is 5.62. The van der Waals surface area contributed by atoms with Crippen molar-refractivity contribution in [3.05, 3.63) is 0 Å². The first-order valence-electron chi connectivity index (χ1n) is 6.43. The number of nitrogens with one attached hydrogen (secondary N) is 1. The van der Waals surface area contributed by atoms with Crippen LogP contribution in [0.5, 0.6) is 0 Å². The van der Waals surface area contributed by atoms with Crippen molar-refractivity contribution in [2.24, 2.45) is 5.92 Å². The van der Waals surface area contributed by atoms with Crippen LogP contribution in [0.15, 0.2) is 0 Å². The van der Waals surface area contributed by atoms with Gasteiger partial charge in [0, 0.05) is 0 Å². The lowest BCUT2D eigenvalue weighted by Crippen LogP contribution is -2.49. The van der Waals surface area contributed by atoms with E-state index in [1.807, 2.05) is 20.8 Å². The zero-order valence-corrected chi connectivity index (χ0v) is 11.0. The molecule has 1 aliphatic rings. The average molecular weight is 227 g/mol. The minimum absolute atomic E-state index is 0.118. The molecule has 1 rings (SSSR count). The summed E-state index contributed by atoms with van der Waals surface area (Å²) in [5.41, 5.74) is -0.564. The first-order chi connectivity index (χ1) is 7.47. The molecule has 1 fully saturated rings. The summed E-state index contributed by atoms with van der Waals surface area (Å²) in [4.78, 5) is 12.0. The van der Waals surface area contributed by atoms with Gasteiger partial charge < -0.3 is 10.1 Å². The summed E-state index contributed by atoms with van der Waals surface area (Å²) in [6.07, 6.45) is 4.78. The lowest BCUT2D eigenvalue weighted by molar-refractivity contribution is -0.160. The van der Waals surface area contributed by atoms with E-state index < -0.39 is 5.54 Å². The van der Waals surface area contributed by atoms with Gasteiger partial charge in [-0.3, -0.25) is 4.79 Å². The predicted octanol–water partition coefficient (Wildman–Crippen LogP) is 2.50. The molecule has 0 bridgehead atoms. The third kappa shape index (κ3) is 3.48. The number of carbonyl (C=O) groups is 1. The number of hydrogen-bond donors (Lipinski definition) is 1. The highest BCUT2D eigenvalue weighted by atomic mass is 16.5. The standard InChI is InChI=1S/C13H25NO2/c1-5-14-13(3,4)12(15)16-11-9-7-6-8-10(11)2/h10-11,14H,5-9H2,1-4H3. The molecule has 2 unspecified atom stereocenters. The Morgan fingerprint density at radius 3 is 2.56 bits per heavy atom. The van der Waals surface area contributed by atoms with E-state index in [4.69, 9.17) is 4.74 Å². The molecule has 0 spiro atoms. The van der Waals surface area contributed by atoms with Gasteiger partial charge in [0.15, 0.2) is 0 Å². The van der Waals surface area contributed by atoms with Crippen LogP contribution in [0.2, 0.25) is 0 Å². The van der Waals surface area contributed by atoms with Crippen molar-refractivity contribution in [2.45, 2.75) is 65.0 Å². The van der Waals surface area contributed by atoms with Crippen molar-refractivity contribution in [1.82, 2.24) is 5.32 Å². The molecule has 94 valence electrons. The van der Waals surface area contributed by atoms with Gasteiger partial charge in [-0.1, -0.05) is 20.3 Å². The van der Waals surface area contributed by atoms with Crippen LogP contribution in [0.1, 0.15) is 53.4 Å². The van der Waals surface area contributed by atoms with E-state index in [0.717, 1.165) is 13.0 Å². The van der Waals surface area contributed by atoms with Gasteiger partial charge in [0.05, 0.1) is 0 Å². The number of ether oxygens (including phenoxy) is 1. The maximum absolute atomic E-state index is 12.0. The van der Waals surface area contributed by atoms with Gasteiger partial charge in [-0.25, -0.2) is 0 Å². The Morgan fingerprint density at radius 1 is 1.38 bits per heavy atom. The number of esters is 1. The van der Waals surface area contributed by atoms with Crippen molar-refractivity contribution in [2.75, 3.05) is 6.54 Å². The molecular formula is C13H25NO2. The molecule has 1 aliphatic carbocycles. The second kappa shape index (κ2) is 5.67. The van der Waals surface area contributed by atoms with Crippen LogP contribution in [0.4, 0.5) is 0 Å². The van der Waals surface area contributed by atoms with Gasteiger partial charge >= 0.3 is 5.97 Å². The van der Waals surface area contributed by atoms with Crippen molar-refractivity contribution in [3.8, 4) is 0 Å². The molecule has 0 amide bonds. The third-order valence-electron chi connectivity index (χ3n) is 3.42. The lowest BCUT2D eigenvalue weighted by Gasteiger charge is -2.32. The first kappa shape index (κ1) is 13.5. The van der Waals surface area contributed by atoms with Crippen LogP contribution in [0.3, 0.4) is 0 Å². The highest BCUT2D eigenvalue weighted by Crippen LogP contribution is 2.27. The number of hydrogen-bond acceptors (Lipinski definition) is 3. The van der Waals surface area contributed by atoms with E-state index >= 15 is 0 Å². The Balaban J connectivity index is 2.49. The van der Waals surface area contributed by atoms with E-state index in [0.29, 0.717) is 5.92 Å². The lowest BCUT2D eigenvalue weighted by atomic mass is 9.88. The van der Waals surface area contributed by atoms with Crippen molar-refractivity contribution in [1.29, 1.82) is 0 Å². The van der Waals surface area contributed by atoms with Gasteiger partial charge in [-0.05, 0) is 45.6 Å².